The van der Waals surface area contributed by atoms with Gasteiger partial charge in [0.2, 0.25) is 0 Å². The average molecular weight is 404 g/mol. The van der Waals surface area contributed by atoms with Crippen molar-refractivity contribution in [3.8, 4) is 11.5 Å². The average Bonchev–Trinajstić information content (AvgIpc) is 3.00. The van der Waals surface area contributed by atoms with Crippen LogP contribution in [0.3, 0.4) is 0 Å². The van der Waals surface area contributed by atoms with Crippen LogP contribution in [-0.4, -0.2) is 43.5 Å². The Hall–Kier alpha value is -2.58. The van der Waals surface area contributed by atoms with E-state index >= 15 is 0 Å². The van der Waals surface area contributed by atoms with Crippen molar-refractivity contribution in [3.63, 3.8) is 0 Å². The first-order chi connectivity index (χ1) is 13.4. The molecule has 2 amide bonds. The summed E-state index contributed by atoms with van der Waals surface area (Å²) < 4.78 is 11.1. The highest BCUT2D eigenvalue weighted by molar-refractivity contribution is 7.17. The molecule has 0 unspecified atom stereocenters. The maximum absolute atomic E-state index is 12.8. The van der Waals surface area contributed by atoms with E-state index in [0.717, 1.165) is 30.0 Å². The van der Waals surface area contributed by atoms with E-state index in [1.54, 1.807) is 18.2 Å². The summed E-state index contributed by atoms with van der Waals surface area (Å²) in [4.78, 5) is 28.1. The number of ether oxygens (including phenoxy) is 2. The Morgan fingerprint density at radius 2 is 1.93 bits per heavy atom. The van der Waals surface area contributed by atoms with Crippen LogP contribution in [0.1, 0.15) is 45.0 Å². The van der Waals surface area contributed by atoms with Crippen molar-refractivity contribution in [3.05, 3.63) is 39.8 Å². The van der Waals surface area contributed by atoms with Gasteiger partial charge in [-0.3, -0.25) is 9.59 Å². The Bertz CT molecular complexity index is 894. The van der Waals surface area contributed by atoms with Gasteiger partial charge in [-0.2, -0.15) is 0 Å². The van der Waals surface area contributed by atoms with Gasteiger partial charge in [0, 0.05) is 23.5 Å². The van der Waals surface area contributed by atoms with Gasteiger partial charge in [-0.25, -0.2) is 0 Å². The summed E-state index contributed by atoms with van der Waals surface area (Å²) in [6, 6.07) is 5.04. The van der Waals surface area contributed by atoms with Crippen LogP contribution in [0.4, 0.5) is 5.00 Å². The Balaban J connectivity index is 1.89. The van der Waals surface area contributed by atoms with Gasteiger partial charge in [-0.15, -0.1) is 11.3 Å². The van der Waals surface area contributed by atoms with E-state index in [9.17, 15) is 9.59 Å². The SMILES string of the molecule is CCOc1ccc(C(=O)Nc2sc3c(c2C(N)=O)CCN(C)C3)cc1OCC. The fourth-order valence-electron chi connectivity index (χ4n) is 3.25. The molecule has 0 saturated heterocycles. The summed E-state index contributed by atoms with van der Waals surface area (Å²) in [7, 11) is 2.03. The van der Waals surface area contributed by atoms with Gasteiger partial charge >= 0.3 is 0 Å². The van der Waals surface area contributed by atoms with Crippen molar-refractivity contribution >= 4 is 28.2 Å². The Morgan fingerprint density at radius 1 is 1.21 bits per heavy atom. The molecule has 150 valence electrons. The molecule has 3 rings (SSSR count). The van der Waals surface area contributed by atoms with Gasteiger partial charge in [0.15, 0.2) is 11.5 Å². The summed E-state index contributed by atoms with van der Waals surface area (Å²) in [6.07, 6.45) is 0.744. The van der Waals surface area contributed by atoms with E-state index in [1.807, 2.05) is 20.9 Å². The molecule has 0 aliphatic carbocycles. The van der Waals surface area contributed by atoms with Gasteiger partial charge in [0.1, 0.15) is 5.00 Å². The number of amides is 2. The molecule has 0 saturated carbocycles. The summed E-state index contributed by atoms with van der Waals surface area (Å²) >= 11 is 1.41. The Kier molecular flexibility index (Phi) is 6.21. The molecule has 28 heavy (non-hydrogen) atoms. The van der Waals surface area contributed by atoms with Crippen LogP contribution < -0.4 is 20.5 Å². The number of rotatable bonds is 7. The lowest BCUT2D eigenvalue weighted by Crippen LogP contribution is -2.27. The Labute approximate surface area is 168 Å². The molecule has 0 atom stereocenters. The number of fused-ring (bicyclic) bond motifs is 1. The van der Waals surface area contributed by atoms with E-state index in [2.05, 4.69) is 10.2 Å². The quantitative estimate of drug-likeness (QED) is 0.741. The first-order valence-corrected chi connectivity index (χ1v) is 10.1. The van der Waals surface area contributed by atoms with Crippen LogP contribution in [0.5, 0.6) is 11.5 Å². The maximum Gasteiger partial charge on any atom is 0.256 e. The summed E-state index contributed by atoms with van der Waals surface area (Å²) in [5, 5.41) is 3.37. The van der Waals surface area contributed by atoms with Gasteiger partial charge in [0.25, 0.3) is 11.8 Å². The molecule has 7 nitrogen and oxygen atoms in total. The molecule has 1 aromatic carbocycles. The zero-order valence-corrected chi connectivity index (χ0v) is 17.1. The van der Waals surface area contributed by atoms with Crippen LogP contribution in [0.25, 0.3) is 0 Å². The third-order valence-corrected chi connectivity index (χ3v) is 5.66. The molecule has 2 aromatic rings. The molecular formula is C20H25N3O4S. The minimum atomic E-state index is -0.515. The molecule has 0 fully saturated rings. The minimum Gasteiger partial charge on any atom is -0.490 e. The lowest BCUT2D eigenvalue weighted by atomic mass is 10.0. The highest BCUT2D eigenvalue weighted by Gasteiger charge is 2.27. The number of carbonyl (C=O) groups excluding carboxylic acids is 2. The summed E-state index contributed by atoms with van der Waals surface area (Å²) in [5.41, 5.74) is 7.42. The molecule has 1 aliphatic heterocycles. The van der Waals surface area contributed by atoms with Crippen molar-refractivity contribution in [1.29, 1.82) is 0 Å². The van der Waals surface area contributed by atoms with Crippen LogP contribution in [0.2, 0.25) is 0 Å². The number of thiophene rings is 1. The standard InChI is InChI=1S/C20H25N3O4S/c1-4-26-14-7-6-12(10-15(14)27-5-2)19(25)22-20-17(18(21)24)13-8-9-23(3)11-16(13)28-20/h6-7,10H,4-5,8-9,11H2,1-3H3,(H2,21,24)(H,22,25). The summed E-state index contributed by atoms with van der Waals surface area (Å²) in [5.74, 6) is 0.269. The smallest absolute Gasteiger partial charge is 0.256 e. The number of carbonyl (C=O) groups is 2. The highest BCUT2D eigenvalue weighted by Crippen LogP contribution is 2.37. The second-order valence-corrected chi connectivity index (χ2v) is 7.65. The second kappa shape index (κ2) is 8.62. The van der Waals surface area contributed by atoms with Gasteiger partial charge in [-0.05, 0) is 51.1 Å². The molecule has 0 radical (unpaired) electrons. The third-order valence-electron chi connectivity index (χ3n) is 4.53. The fraction of sp³-hybridized carbons (Fsp3) is 0.400. The van der Waals surface area contributed by atoms with Crippen LogP contribution in [0, 0.1) is 0 Å². The zero-order chi connectivity index (χ0) is 20.3. The number of nitrogens with two attached hydrogens (primary N) is 1. The monoisotopic (exact) mass is 403 g/mol. The van der Waals surface area contributed by atoms with Crippen molar-refractivity contribution in [1.82, 2.24) is 4.90 Å². The van der Waals surface area contributed by atoms with E-state index in [-0.39, 0.29) is 5.91 Å². The van der Waals surface area contributed by atoms with Crippen molar-refractivity contribution in [2.45, 2.75) is 26.8 Å². The zero-order valence-electron chi connectivity index (χ0n) is 16.3. The number of benzene rings is 1. The van der Waals surface area contributed by atoms with Crippen molar-refractivity contribution in [2.24, 2.45) is 5.73 Å². The molecular weight excluding hydrogens is 378 g/mol. The lowest BCUT2D eigenvalue weighted by Gasteiger charge is -2.22. The molecule has 0 bridgehead atoms. The third kappa shape index (κ3) is 4.13. The van der Waals surface area contributed by atoms with Gasteiger partial charge < -0.3 is 25.4 Å². The van der Waals surface area contributed by atoms with E-state index in [0.29, 0.717) is 40.8 Å². The normalized spacial score (nSPS) is 13.7. The first-order valence-electron chi connectivity index (χ1n) is 9.28. The first kappa shape index (κ1) is 20.2. The van der Waals surface area contributed by atoms with Crippen molar-refractivity contribution < 1.29 is 19.1 Å². The van der Waals surface area contributed by atoms with E-state index < -0.39 is 5.91 Å². The number of hydrogen-bond donors (Lipinski definition) is 2. The van der Waals surface area contributed by atoms with Crippen LogP contribution >= 0.6 is 11.3 Å². The fourth-order valence-corrected chi connectivity index (χ4v) is 4.58. The number of primary amides is 1. The highest BCUT2D eigenvalue weighted by atomic mass is 32.1. The largest absolute Gasteiger partial charge is 0.490 e. The molecule has 1 aliphatic rings. The number of likely N-dealkylation sites (N-methyl/N-ethyl adjacent to an activating group) is 1. The van der Waals surface area contributed by atoms with Crippen LogP contribution in [-0.2, 0) is 13.0 Å². The number of nitrogens with one attached hydrogen (secondary N) is 1. The molecule has 2 heterocycles. The molecule has 0 spiro atoms. The number of anilines is 1. The predicted molar refractivity (Wildman–Crippen MR) is 110 cm³/mol. The summed E-state index contributed by atoms with van der Waals surface area (Å²) in [6.45, 7) is 6.32. The predicted octanol–water partition coefficient (Wildman–Crippen LogP) is 2.88. The van der Waals surface area contributed by atoms with Crippen molar-refractivity contribution in [2.75, 3.05) is 32.1 Å². The van der Waals surface area contributed by atoms with E-state index in [4.69, 9.17) is 15.2 Å². The minimum absolute atomic E-state index is 0.321. The van der Waals surface area contributed by atoms with Gasteiger partial charge in [-0.1, -0.05) is 0 Å². The van der Waals surface area contributed by atoms with E-state index in [1.165, 1.54) is 11.3 Å². The number of nitrogens with zero attached hydrogens (tertiary/aromatic N) is 1. The van der Waals surface area contributed by atoms with Gasteiger partial charge in [0.05, 0.1) is 18.8 Å². The topological polar surface area (TPSA) is 93.9 Å². The second-order valence-electron chi connectivity index (χ2n) is 6.54. The molecule has 1 aromatic heterocycles. The molecule has 3 N–H and O–H groups in total. The molecule has 8 heteroatoms. The van der Waals surface area contributed by atoms with Crippen LogP contribution in [0.15, 0.2) is 18.2 Å². The number of hydrogen-bond acceptors (Lipinski definition) is 6. The maximum atomic E-state index is 12.8. The Morgan fingerprint density at radius 3 is 2.61 bits per heavy atom. The lowest BCUT2D eigenvalue weighted by molar-refractivity contribution is 0.1000.